The molecule has 0 spiro atoms. The minimum Gasteiger partial charge on any atom is -0.419 e. The lowest BCUT2D eigenvalue weighted by atomic mass is 10.2. The van der Waals surface area contributed by atoms with Gasteiger partial charge in [0.05, 0.1) is 6.54 Å². The zero-order valence-corrected chi connectivity index (χ0v) is 11.6. The number of alkyl halides is 1. The monoisotopic (exact) mass is 299 g/mol. The van der Waals surface area contributed by atoms with Crippen molar-refractivity contribution in [2.24, 2.45) is 0 Å². The molecule has 0 aliphatic carbocycles. The first-order valence-corrected chi connectivity index (χ1v) is 6.38. The Balaban J connectivity index is 2.03. The highest BCUT2D eigenvalue weighted by Gasteiger charge is 2.12. The summed E-state index contributed by atoms with van der Waals surface area (Å²) in [6.07, 6.45) is 0. The largest absolute Gasteiger partial charge is 0.419 e. The predicted octanol–water partition coefficient (Wildman–Crippen LogP) is 2.63. The fraction of sp³-hybridized carbons (Fsp3) is 0.250. The van der Waals surface area contributed by atoms with Crippen molar-refractivity contribution >= 4 is 29.1 Å². The maximum absolute atomic E-state index is 11.3. The lowest BCUT2D eigenvalue weighted by Gasteiger charge is -2.02. The van der Waals surface area contributed by atoms with E-state index in [9.17, 15) is 4.79 Å². The molecule has 0 saturated heterocycles. The molecule has 19 heavy (non-hydrogen) atoms. The van der Waals surface area contributed by atoms with E-state index < -0.39 is 5.38 Å². The van der Waals surface area contributed by atoms with Crippen LogP contribution in [0.4, 0.5) is 0 Å². The molecule has 1 heterocycles. The minimum absolute atomic E-state index is 0.149. The minimum atomic E-state index is -0.598. The van der Waals surface area contributed by atoms with Crippen molar-refractivity contribution in [2.45, 2.75) is 18.8 Å². The van der Waals surface area contributed by atoms with E-state index in [1.165, 1.54) is 0 Å². The van der Waals surface area contributed by atoms with Crippen molar-refractivity contribution in [1.29, 1.82) is 0 Å². The molecule has 5 nitrogen and oxygen atoms in total. The Morgan fingerprint density at radius 3 is 2.68 bits per heavy atom. The second-order valence-electron chi connectivity index (χ2n) is 3.84. The van der Waals surface area contributed by atoms with Gasteiger partial charge in [-0.15, -0.1) is 21.8 Å². The van der Waals surface area contributed by atoms with Crippen molar-refractivity contribution in [2.75, 3.05) is 0 Å². The summed E-state index contributed by atoms with van der Waals surface area (Å²) in [5.41, 5.74) is 0.764. The molecule has 0 aliphatic heterocycles. The number of nitrogens with zero attached hydrogens (tertiary/aromatic N) is 2. The predicted molar refractivity (Wildman–Crippen MR) is 71.9 cm³/mol. The first-order chi connectivity index (χ1) is 9.06. The molecule has 1 N–H and O–H groups in total. The van der Waals surface area contributed by atoms with Crippen molar-refractivity contribution in [3.05, 3.63) is 35.2 Å². The molecule has 0 saturated carbocycles. The number of benzene rings is 1. The number of carbonyl (C=O) groups excluding carboxylic acids is 1. The van der Waals surface area contributed by atoms with Crippen LogP contribution in [0.5, 0.6) is 0 Å². The first-order valence-electron chi connectivity index (χ1n) is 5.56. The molecule has 0 bridgehead atoms. The van der Waals surface area contributed by atoms with E-state index in [0.717, 1.165) is 5.56 Å². The van der Waals surface area contributed by atoms with Crippen LogP contribution in [0.3, 0.4) is 0 Å². The highest BCUT2D eigenvalue weighted by Crippen LogP contribution is 2.20. The van der Waals surface area contributed by atoms with Gasteiger partial charge in [0.2, 0.25) is 17.7 Å². The van der Waals surface area contributed by atoms with Gasteiger partial charge < -0.3 is 9.73 Å². The average Bonchev–Trinajstić information content (AvgIpc) is 2.85. The normalized spacial score (nSPS) is 12.2. The summed E-state index contributed by atoms with van der Waals surface area (Å²) in [7, 11) is 0. The summed E-state index contributed by atoms with van der Waals surface area (Å²) < 4.78 is 5.42. The van der Waals surface area contributed by atoms with Gasteiger partial charge in [0, 0.05) is 10.6 Å². The third-order valence-electron chi connectivity index (χ3n) is 2.33. The van der Waals surface area contributed by atoms with Crippen LogP contribution in [0.25, 0.3) is 11.5 Å². The molecule has 7 heteroatoms. The van der Waals surface area contributed by atoms with Gasteiger partial charge in [-0.25, -0.2) is 0 Å². The average molecular weight is 300 g/mol. The Hall–Kier alpha value is -1.59. The van der Waals surface area contributed by atoms with Crippen LogP contribution in [-0.4, -0.2) is 21.5 Å². The van der Waals surface area contributed by atoms with Crippen LogP contribution in [-0.2, 0) is 11.3 Å². The number of aromatic nitrogens is 2. The van der Waals surface area contributed by atoms with E-state index in [1.807, 2.05) is 0 Å². The molecule has 0 fully saturated rings. The van der Waals surface area contributed by atoms with Crippen LogP contribution < -0.4 is 5.32 Å². The zero-order chi connectivity index (χ0) is 13.8. The second kappa shape index (κ2) is 6.04. The Labute approximate surface area is 119 Å². The van der Waals surface area contributed by atoms with Crippen LogP contribution in [0, 0.1) is 0 Å². The number of hydrogen-bond acceptors (Lipinski definition) is 4. The Kier molecular flexibility index (Phi) is 4.39. The number of amides is 1. The van der Waals surface area contributed by atoms with E-state index >= 15 is 0 Å². The molecule has 1 aromatic carbocycles. The highest BCUT2D eigenvalue weighted by atomic mass is 35.5. The molecule has 1 atom stereocenters. The maximum atomic E-state index is 11.3. The van der Waals surface area contributed by atoms with Crippen LogP contribution in [0.2, 0.25) is 5.02 Å². The standard InChI is InChI=1S/C12H11Cl2N3O2/c1-7(13)11(18)15-6-10-16-17-12(19-10)8-2-4-9(14)5-3-8/h2-5,7H,6H2,1H3,(H,15,18). The summed E-state index contributed by atoms with van der Waals surface area (Å²) in [4.78, 5) is 11.3. The summed E-state index contributed by atoms with van der Waals surface area (Å²) in [6.45, 7) is 1.74. The van der Waals surface area contributed by atoms with Gasteiger partial charge in [-0.3, -0.25) is 4.79 Å². The van der Waals surface area contributed by atoms with Gasteiger partial charge in [-0.05, 0) is 31.2 Å². The SMILES string of the molecule is CC(Cl)C(=O)NCc1nnc(-c2ccc(Cl)cc2)o1. The molecule has 1 amide bonds. The molecular formula is C12H11Cl2N3O2. The van der Waals surface area contributed by atoms with E-state index in [4.69, 9.17) is 27.6 Å². The molecule has 100 valence electrons. The number of nitrogens with one attached hydrogen (secondary N) is 1. The van der Waals surface area contributed by atoms with Crippen molar-refractivity contribution in [3.63, 3.8) is 0 Å². The van der Waals surface area contributed by atoms with Gasteiger partial charge in [-0.1, -0.05) is 11.6 Å². The van der Waals surface area contributed by atoms with E-state index in [2.05, 4.69) is 15.5 Å². The van der Waals surface area contributed by atoms with Gasteiger partial charge in [-0.2, -0.15) is 0 Å². The lowest BCUT2D eigenvalue weighted by molar-refractivity contribution is -0.120. The van der Waals surface area contributed by atoms with E-state index in [1.54, 1.807) is 31.2 Å². The summed E-state index contributed by atoms with van der Waals surface area (Å²) in [5, 5.41) is 10.4. The van der Waals surface area contributed by atoms with Gasteiger partial charge >= 0.3 is 0 Å². The fourth-order valence-electron chi connectivity index (χ4n) is 1.34. The molecular weight excluding hydrogens is 289 g/mol. The summed E-state index contributed by atoms with van der Waals surface area (Å²) in [6, 6.07) is 7.02. The molecule has 1 unspecified atom stereocenters. The maximum Gasteiger partial charge on any atom is 0.247 e. The van der Waals surface area contributed by atoms with Gasteiger partial charge in [0.15, 0.2) is 0 Å². The van der Waals surface area contributed by atoms with E-state index in [-0.39, 0.29) is 12.5 Å². The number of halogens is 2. The third kappa shape index (κ3) is 3.68. The Bertz CT molecular complexity index is 567. The van der Waals surface area contributed by atoms with Gasteiger partial charge in [0.1, 0.15) is 5.38 Å². The molecule has 0 aliphatic rings. The molecule has 0 radical (unpaired) electrons. The fourth-order valence-corrected chi connectivity index (χ4v) is 1.54. The molecule has 2 aromatic rings. The van der Waals surface area contributed by atoms with Crippen LogP contribution in [0.15, 0.2) is 28.7 Å². The third-order valence-corrected chi connectivity index (χ3v) is 2.78. The summed E-state index contributed by atoms with van der Waals surface area (Å²) in [5.74, 6) is 0.406. The molecule has 1 aromatic heterocycles. The number of rotatable bonds is 4. The van der Waals surface area contributed by atoms with Crippen molar-refractivity contribution < 1.29 is 9.21 Å². The second-order valence-corrected chi connectivity index (χ2v) is 4.93. The van der Waals surface area contributed by atoms with Crippen molar-refractivity contribution in [1.82, 2.24) is 15.5 Å². The number of hydrogen-bond donors (Lipinski definition) is 1. The highest BCUT2D eigenvalue weighted by molar-refractivity contribution is 6.30. The molecule has 2 rings (SSSR count). The topological polar surface area (TPSA) is 68.0 Å². The Morgan fingerprint density at radius 2 is 2.05 bits per heavy atom. The quantitative estimate of drug-likeness (QED) is 0.881. The summed E-state index contributed by atoms with van der Waals surface area (Å²) >= 11 is 11.4. The number of carbonyl (C=O) groups is 1. The first kappa shape index (κ1) is 13.8. The smallest absolute Gasteiger partial charge is 0.247 e. The van der Waals surface area contributed by atoms with E-state index in [0.29, 0.717) is 16.8 Å². The van der Waals surface area contributed by atoms with Crippen molar-refractivity contribution in [3.8, 4) is 11.5 Å². The van der Waals surface area contributed by atoms with Crippen LogP contribution in [0.1, 0.15) is 12.8 Å². The van der Waals surface area contributed by atoms with Crippen LogP contribution >= 0.6 is 23.2 Å². The van der Waals surface area contributed by atoms with Gasteiger partial charge in [0.25, 0.3) is 0 Å². The Morgan fingerprint density at radius 1 is 1.37 bits per heavy atom. The lowest BCUT2D eigenvalue weighted by Crippen LogP contribution is -2.29. The zero-order valence-electron chi connectivity index (χ0n) is 10.1.